The number of anilines is 1. The van der Waals surface area contributed by atoms with Crippen LogP contribution in [0.2, 0.25) is 0 Å². The lowest BCUT2D eigenvalue weighted by Gasteiger charge is -2.19. The number of nitrogens with one attached hydrogen (secondary N) is 2. The number of hydrogen-bond donors (Lipinski definition) is 2. The fraction of sp³-hybridized carbons (Fsp3) is 0.300. The lowest BCUT2D eigenvalue weighted by Crippen LogP contribution is -2.29. The van der Waals surface area contributed by atoms with Gasteiger partial charge >= 0.3 is 5.69 Å². The van der Waals surface area contributed by atoms with E-state index in [1.807, 2.05) is 13.8 Å². The Bertz CT molecular complexity index is 616. The average Bonchev–Trinajstić information content (AvgIpc) is 2.60. The summed E-state index contributed by atoms with van der Waals surface area (Å²) in [7, 11) is 0. The van der Waals surface area contributed by atoms with E-state index in [1.54, 1.807) is 6.07 Å². The normalized spacial score (nSPS) is 11.3. The molecular weight excluding hydrogens is 206 g/mol. The van der Waals surface area contributed by atoms with Crippen LogP contribution in [0.1, 0.15) is 13.8 Å². The Kier molecular flexibility index (Phi) is 2.16. The van der Waals surface area contributed by atoms with Gasteiger partial charge < -0.3 is 5.32 Å². The maximum Gasteiger partial charge on any atom is 0.348 e. The van der Waals surface area contributed by atoms with Gasteiger partial charge in [0.05, 0.1) is 5.54 Å². The van der Waals surface area contributed by atoms with Crippen molar-refractivity contribution in [3.63, 3.8) is 0 Å². The molecule has 2 N–H and O–H groups in total. The monoisotopic (exact) mass is 217 g/mol. The second kappa shape index (κ2) is 3.38. The summed E-state index contributed by atoms with van der Waals surface area (Å²) < 4.78 is 1.31. The smallest absolute Gasteiger partial charge is 0.348 e. The van der Waals surface area contributed by atoms with Gasteiger partial charge in [0.15, 0.2) is 5.65 Å². The highest BCUT2D eigenvalue weighted by molar-refractivity contribution is 5.50. The molecule has 6 nitrogen and oxygen atoms in total. The van der Waals surface area contributed by atoms with Crippen molar-refractivity contribution < 1.29 is 0 Å². The number of rotatable bonds is 2. The first-order valence-corrected chi connectivity index (χ1v) is 4.70. The van der Waals surface area contributed by atoms with Crippen LogP contribution in [0.25, 0.3) is 5.65 Å². The molecule has 0 atom stereocenters. The zero-order chi connectivity index (χ0) is 11.8. The largest absolute Gasteiger partial charge is 0.354 e. The molecule has 2 aromatic rings. The molecule has 0 radical (unpaired) electrons. The predicted molar refractivity (Wildman–Crippen MR) is 60.1 cm³/mol. The fourth-order valence-corrected chi connectivity index (χ4v) is 1.23. The number of aromatic nitrogens is 4. The van der Waals surface area contributed by atoms with Crippen molar-refractivity contribution >= 4 is 11.5 Å². The first-order valence-electron chi connectivity index (χ1n) is 4.70. The summed E-state index contributed by atoms with van der Waals surface area (Å²) in [6.07, 6.45) is 6.75. The van der Waals surface area contributed by atoms with E-state index >= 15 is 0 Å². The molecule has 0 amide bonds. The lowest BCUT2D eigenvalue weighted by atomic mass is 10.1. The Labute approximate surface area is 91.7 Å². The van der Waals surface area contributed by atoms with E-state index in [0.717, 1.165) is 0 Å². The van der Waals surface area contributed by atoms with E-state index in [9.17, 15) is 4.79 Å². The van der Waals surface area contributed by atoms with Gasteiger partial charge in [0.25, 0.3) is 0 Å². The Morgan fingerprint density at radius 3 is 3.06 bits per heavy atom. The van der Waals surface area contributed by atoms with E-state index in [-0.39, 0.29) is 5.69 Å². The molecule has 0 aliphatic heterocycles. The molecule has 0 saturated heterocycles. The SMILES string of the molecule is C#CC(C)(C)Nc1cc2n[nH]c(=O)n2cn1. The van der Waals surface area contributed by atoms with Crippen LogP contribution in [0.5, 0.6) is 0 Å². The first-order chi connectivity index (χ1) is 7.52. The molecule has 0 fully saturated rings. The molecule has 0 bridgehead atoms. The number of terminal acetylenes is 1. The highest BCUT2D eigenvalue weighted by atomic mass is 16.1. The number of nitrogens with zero attached hydrogens (tertiary/aromatic N) is 3. The zero-order valence-electron chi connectivity index (χ0n) is 8.98. The molecule has 0 saturated carbocycles. The average molecular weight is 217 g/mol. The predicted octanol–water partition coefficient (Wildman–Crippen LogP) is 0.241. The Morgan fingerprint density at radius 1 is 1.62 bits per heavy atom. The highest BCUT2D eigenvalue weighted by Gasteiger charge is 2.14. The van der Waals surface area contributed by atoms with Gasteiger partial charge in [-0.2, -0.15) is 5.10 Å². The Morgan fingerprint density at radius 2 is 2.38 bits per heavy atom. The molecule has 2 heterocycles. The summed E-state index contributed by atoms with van der Waals surface area (Å²) in [5.74, 6) is 3.17. The highest BCUT2D eigenvalue weighted by Crippen LogP contribution is 2.11. The topological polar surface area (TPSA) is 75.1 Å². The minimum absolute atomic E-state index is 0.315. The van der Waals surface area contributed by atoms with E-state index < -0.39 is 5.54 Å². The van der Waals surface area contributed by atoms with Crippen LogP contribution in [-0.2, 0) is 0 Å². The van der Waals surface area contributed by atoms with Crippen molar-refractivity contribution in [2.45, 2.75) is 19.4 Å². The zero-order valence-corrected chi connectivity index (χ0v) is 8.98. The van der Waals surface area contributed by atoms with Crippen LogP contribution >= 0.6 is 0 Å². The number of aromatic amines is 1. The summed E-state index contributed by atoms with van der Waals surface area (Å²) in [6, 6.07) is 1.65. The van der Waals surface area contributed by atoms with Crippen LogP contribution in [-0.4, -0.2) is 25.1 Å². The standard InChI is InChI=1S/C10H11N5O/c1-4-10(2,3)12-7-5-8-13-14-9(16)15(8)6-11-7/h1,5-6,12H,2-3H3,(H,14,16). The quantitative estimate of drug-likeness (QED) is 0.707. The van der Waals surface area contributed by atoms with Crippen molar-refractivity contribution in [1.29, 1.82) is 0 Å². The molecule has 0 aliphatic carbocycles. The van der Waals surface area contributed by atoms with Crippen molar-refractivity contribution in [3.8, 4) is 12.3 Å². The van der Waals surface area contributed by atoms with Crippen molar-refractivity contribution in [2.24, 2.45) is 0 Å². The molecule has 82 valence electrons. The lowest BCUT2D eigenvalue weighted by molar-refractivity contribution is 0.735. The Balaban J connectivity index is 2.41. The number of H-pyrrole nitrogens is 1. The van der Waals surface area contributed by atoms with E-state index in [2.05, 4.69) is 26.4 Å². The van der Waals surface area contributed by atoms with Gasteiger partial charge in [-0.1, -0.05) is 5.92 Å². The van der Waals surface area contributed by atoms with Gasteiger partial charge in [-0.3, -0.25) is 0 Å². The second-order valence-corrected chi connectivity index (χ2v) is 3.93. The fourth-order valence-electron chi connectivity index (χ4n) is 1.23. The van der Waals surface area contributed by atoms with E-state index in [4.69, 9.17) is 6.42 Å². The van der Waals surface area contributed by atoms with E-state index in [1.165, 1.54) is 10.7 Å². The maximum atomic E-state index is 11.2. The molecule has 0 aliphatic rings. The van der Waals surface area contributed by atoms with Crippen molar-refractivity contribution in [2.75, 3.05) is 5.32 Å². The molecule has 6 heteroatoms. The van der Waals surface area contributed by atoms with Crippen LogP contribution in [0.3, 0.4) is 0 Å². The van der Waals surface area contributed by atoms with Crippen LogP contribution in [0.15, 0.2) is 17.2 Å². The van der Waals surface area contributed by atoms with Gasteiger partial charge in [-0.15, -0.1) is 6.42 Å². The van der Waals surface area contributed by atoms with Gasteiger partial charge in [0.1, 0.15) is 12.1 Å². The third-order valence-corrected chi connectivity index (χ3v) is 2.11. The van der Waals surface area contributed by atoms with Crippen LogP contribution in [0, 0.1) is 12.3 Å². The van der Waals surface area contributed by atoms with Gasteiger partial charge in [-0.25, -0.2) is 19.3 Å². The molecular formula is C10H11N5O. The number of fused-ring (bicyclic) bond motifs is 1. The van der Waals surface area contributed by atoms with Crippen molar-refractivity contribution in [3.05, 3.63) is 22.9 Å². The molecule has 2 rings (SSSR count). The molecule has 0 unspecified atom stereocenters. The summed E-state index contributed by atoms with van der Waals surface area (Å²) >= 11 is 0. The van der Waals surface area contributed by atoms with Gasteiger partial charge in [-0.05, 0) is 13.8 Å². The molecule has 0 aromatic carbocycles. The molecule has 0 spiro atoms. The van der Waals surface area contributed by atoms with Crippen LogP contribution in [0.4, 0.5) is 5.82 Å². The van der Waals surface area contributed by atoms with Crippen molar-refractivity contribution in [1.82, 2.24) is 19.6 Å². The first kappa shape index (κ1) is 10.2. The molecule has 16 heavy (non-hydrogen) atoms. The summed E-state index contributed by atoms with van der Waals surface area (Å²) in [5.41, 5.74) is -0.317. The van der Waals surface area contributed by atoms with Crippen LogP contribution < -0.4 is 11.0 Å². The van der Waals surface area contributed by atoms with Gasteiger partial charge in [0, 0.05) is 6.07 Å². The third kappa shape index (κ3) is 1.75. The summed E-state index contributed by atoms with van der Waals surface area (Å²) in [4.78, 5) is 15.3. The number of hydrogen-bond acceptors (Lipinski definition) is 4. The minimum atomic E-state index is -0.498. The summed E-state index contributed by atoms with van der Waals surface area (Å²) in [5, 5.41) is 9.21. The summed E-state index contributed by atoms with van der Waals surface area (Å²) in [6.45, 7) is 3.71. The Hall–Kier alpha value is -2.29. The second-order valence-electron chi connectivity index (χ2n) is 3.93. The third-order valence-electron chi connectivity index (χ3n) is 2.11. The molecule has 2 aromatic heterocycles. The maximum absolute atomic E-state index is 11.2. The minimum Gasteiger partial charge on any atom is -0.354 e. The van der Waals surface area contributed by atoms with Gasteiger partial charge in [0.2, 0.25) is 0 Å². The van der Waals surface area contributed by atoms with E-state index in [0.29, 0.717) is 11.5 Å².